The summed E-state index contributed by atoms with van der Waals surface area (Å²) >= 11 is 0. The van der Waals surface area contributed by atoms with E-state index in [9.17, 15) is 9.59 Å². The average molecular weight is 521 g/mol. The van der Waals surface area contributed by atoms with Crippen molar-refractivity contribution in [1.82, 2.24) is 4.90 Å². The van der Waals surface area contributed by atoms with Crippen LogP contribution in [0.2, 0.25) is 0 Å². The van der Waals surface area contributed by atoms with Crippen molar-refractivity contribution in [3.63, 3.8) is 0 Å². The number of hydrogen-bond acceptors (Lipinski definition) is 5. The van der Waals surface area contributed by atoms with E-state index < -0.39 is 12.0 Å². The predicted molar refractivity (Wildman–Crippen MR) is 148 cm³/mol. The van der Waals surface area contributed by atoms with Gasteiger partial charge in [0.05, 0.1) is 26.2 Å². The van der Waals surface area contributed by atoms with Crippen molar-refractivity contribution in [1.29, 1.82) is 0 Å². The van der Waals surface area contributed by atoms with Gasteiger partial charge in [0, 0.05) is 17.8 Å². The number of carbonyl (C=O) groups is 2. The maximum atomic E-state index is 14.1. The van der Waals surface area contributed by atoms with Gasteiger partial charge in [-0.15, -0.1) is 0 Å². The monoisotopic (exact) mass is 520 g/mol. The number of ether oxygens (including phenoxy) is 3. The molecule has 2 heterocycles. The first kappa shape index (κ1) is 24.6. The van der Waals surface area contributed by atoms with Crippen LogP contribution in [-0.4, -0.2) is 37.5 Å². The van der Waals surface area contributed by atoms with E-state index in [1.54, 1.807) is 19.2 Å². The van der Waals surface area contributed by atoms with Gasteiger partial charge in [-0.1, -0.05) is 42.5 Å². The molecule has 2 aliphatic rings. The Balaban J connectivity index is 1.37. The van der Waals surface area contributed by atoms with Gasteiger partial charge in [-0.3, -0.25) is 9.59 Å². The van der Waals surface area contributed by atoms with Gasteiger partial charge in [-0.25, -0.2) is 0 Å². The van der Waals surface area contributed by atoms with Crippen LogP contribution in [-0.2, 0) is 11.2 Å². The highest BCUT2D eigenvalue weighted by Gasteiger charge is 2.47. The molecule has 2 unspecified atom stereocenters. The van der Waals surface area contributed by atoms with E-state index in [1.807, 2.05) is 77.7 Å². The van der Waals surface area contributed by atoms with E-state index in [-0.39, 0.29) is 11.8 Å². The minimum atomic E-state index is -0.654. The average Bonchev–Trinajstić information content (AvgIpc) is 2.98. The maximum Gasteiger partial charge on any atom is 0.254 e. The van der Waals surface area contributed by atoms with Crippen molar-refractivity contribution in [2.45, 2.75) is 18.4 Å². The molecule has 39 heavy (non-hydrogen) atoms. The Morgan fingerprint density at radius 1 is 0.821 bits per heavy atom. The molecule has 4 aromatic rings. The largest absolute Gasteiger partial charge is 0.493 e. The Kier molecular flexibility index (Phi) is 6.40. The number of anilines is 1. The van der Waals surface area contributed by atoms with Gasteiger partial charge >= 0.3 is 0 Å². The molecular weight excluding hydrogens is 492 g/mol. The van der Waals surface area contributed by atoms with Crippen molar-refractivity contribution in [2.24, 2.45) is 0 Å². The van der Waals surface area contributed by atoms with E-state index in [0.717, 1.165) is 23.3 Å². The molecule has 6 rings (SSSR count). The summed E-state index contributed by atoms with van der Waals surface area (Å²) in [6.07, 6.45) is 0.734. The number of benzene rings is 4. The number of methoxy groups -OCH3 is 2. The summed E-state index contributed by atoms with van der Waals surface area (Å²) in [5.74, 6) is 1.35. The van der Waals surface area contributed by atoms with Crippen LogP contribution in [0, 0.1) is 0 Å². The van der Waals surface area contributed by atoms with Crippen LogP contribution in [0.5, 0.6) is 23.0 Å². The Morgan fingerprint density at radius 3 is 2.23 bits per heavy atom. The minimum absolute atomic E-state index is 0.114. The Morgan fingerprint density at radius 2 is 1.49 bits per heavy atom. The number of nitrogens with zero attached hydrogens (tertiary/aromatic N) is 1. The van der Waals surface area contributed by atoms with Crippen molar-refractivity contribution in [2.75, 3.05) is 26.1 Å². The van der Waals surface area contributed by atoms with E-state index in [1.165, 1.54) is 7.11 Å². The first-order chi connectivity index (χ1) is 19.1. The van der Waals surface area contributed by atoms with E-state index in [4.69, 9.17) is 14.2 Å². The second-order valence-corrected chi connectivity index (χ2v) is 9.59. The lowest BCUT2D eigenvalue weighted by Gasteiger charge is -2.45. The van der Waals surface area contributed by atoms with Crippen molar-refractivity contribution in [3.8, 4) is 23.0 Å². The standard InChI is InChI=1S/C32H28N2O5/c1-37-27-18-25-26(19-28(27)38-2)32(36)34-17-16-20-8-6-7-11-24(20)30(34)29(25)31(35)33-21-12-14-23(15-13-21)39-22-9-4-3-5-10-22/h3-15,18-19,29-30H,16-17H2,1-2H3,(H,33,35). The Labute approximate surface area is 226 Å². The maximum absolute atomic E-state index is 14.1. The van der Waals surface area contributed by atoms with Gasteiger partial charge in [0.1, 0.15) is 11.5 Å². The number of para-hydroxylation sites is 1. The highest BCUT2D eigenvalue weighted by atomic mass is 16.5. The summed E-state index contributed by atoms with van der Waals surface area (Å²) in [5, 5.41) is 3.08. The highest BCUT2D eigenvalue weighted by molar-refractivity contribution is 6.05. The molecule has 0 spiro atoms. The number of amides is 2. The summed E-state index contributed by atoms with van der Waals surface area (Å²) in [6, 6.07) is 27.8. The van der Waals surface area contributed by atoms with Crippen molar-refractivity contribution in [3.05, 3.63) is 113 Å². The van der Waals surface area contributed by atoms with Crippen LogP contribution in [0.4, 0.5) is 5.69 Å². The summed E-state index contributed by atoms with van der Waals surface area (Å²) in [7, 11) is 3.08. The van der Waals surface area contributed by atoms with Gasteiger partial charge < -0.3 is 24.4 Å². The zero-order valence-electron chi connectivity index (χ0n) is 21.7. The molecule has 196 valence electrons. The lowest BCUT2D eigenvalue weighted by atomic mass is 9.75. The van der Waals surface area contributed by atoms with Gasteiger partial charge in [0.15, 0.2) is 11.5 Å². The lowest BCUT2D eigenvalue weighted by Crippen LogP contribution is -2.49. The first-order valence-corrected chi connectivity index (χ1v) is 12.9. The molecule has 0 saturated carbocycles. The fourth-order valence-electron chi connectivity index (χ4n) is 5.58. The van der Waals surface area contributed by atoms with Gasteiger partial charge in [0.25, 0.3) is 5.91 Å². The number of carbonyl (C=O) groups excluding carboxylic acids is 2. The topological polar surface area (TPSA) is 77.1 Å². The molecule has 0 fully saturated rings. The smallest absolute Gasteiger partial charge is 0.254 e. The molecule has 7 heteroatoms. The quantitative estimate of drug-likeness (QED) is 0.339. The minimum Gasteiger partial charge on any atom is -0.493 e. The van der Waals surface area contributed by atoms with E-state index in [2.05, 4.69) is 11.4 Å². The van der Waals surface area contributed by atoms with Crippen LogP contribution in [0.15, 0.2) is 91.0 Å². The molecule has 4 aromatic carbocycles. The van der Waals surface area contributed by atoms with E-state index in [0.29, 0.717) is 40.6 Å². The molecule has 0 aromatic heterocycles. The van der Waals surface area contributed by atoms with Gasteiger partial charge in [-0.05, 0) is 71.6 Å². The molecule has 2 amide bonds. The summed E-state index contributed by atoms with van der Waals surface area (Å²) in [4.78, 5) is 29.6. The number of fused-ring (bicyclic) bond motifs is 4. The number of nitrogens with one attached hydrogen (secondary N) is 1. The fraction of sp³-hybridized carbons (Fsp3) is 0.188. The van der Waals surface area contributed by atoms with Crippen LogP contribution in [0.25, 0.3) is 0 Å². The highest BCUT2D eigenvalue weighted by Crippen LogP contribution is 2.48. The van der Waals surface area contributed by atoms with Crippen LogP contribution in [0.3, 0.4) is 0 Å². The normalized spacial score (nSPS) is 17.4. The molecule has 2 atom stereocenters. The SMILES string of the molecule is COc1cc2c(cc1OC)C(C(=O)Nc1ccc(Oc3ccccc3)cc1)C1c3ccccc3CCN1C2=O. The second-order valence-electron chi connectivity index (χ2n) is 9.59. The molecule has 0 radical (unpaired) electrons. The van der Waals surface area contributed by atoms with Crippen LogP contribution in [0.1, 0.15) is 39.0 Å². The Hall–Kier alpha value is -4.78. The molecule has 0 aliphatic carbocycles. The summed E-state index contributed by atoms with van der Waals surface area (Å²) in [5.41, 5.74) is 3.85. The zero-order chi connectivity index (χ0) is 26.9. The lowest BCUT2D eigenvalue weighted by molar-refractivity contribution is -0.119. The van der Waals surface area contributed by atoms with Crippen LogP contribution < -0.4 is 19.5 Å². The molecule has 1 N–H and O–H groups in total. The summed E-state index contributed by atoms with van der Waals surface area (Å²) in [6.45, 7) is 0.531. The third-order valence-electron chi connectivity index (χ3n) is 7.41. The summed E-state index contributed by atoms with van der Waals surface area (Å²) < 4.78 is 16.9. The molecule has 2 aliphatic heterocycles. The third-order valence-corrected chi connectivity index (χ3v) is 7.41. The fourth-order valence-corrected chi connectivity index (χ4v) is 5.58. The van der Waals surface area contributed by atoms with Crippen molar-refractivity contribution >= 4 is 17.5 Å². The second kappa shape index (κ2) is 10.2. The number of hydrogen-bond donors (Lipinski definition) is 1. The molecule has 7 nitrogen and oxygen atoms in total. The first-order valence-electron chi connectivity index (χ1n) is 12.9. The Bertz CT molecular complexity index is 1530. The molecule has 0 saturated heterocycles. The molecular formula is C32H28N2O5. The zero-order valence-corrected chi connectivity index (χ0v) is 21.7. The van der Waals surface area contributed by atoms with E-state index >= 15 is 0 Å². The number of rotatable bonds is 6. The van der Waals surface area contributed by atoms with Crippen molar-refractivity contribution < 1.29 is 23.8 Å². The van der Waals surface area contributed by atoms with Gasteiger partial charge in [0.2, 0.25) is 5.91 Å². The van der Waals surface area contributed by atoms with Gasteiger partial charge in [-0.2, -0.15) is 0 Å². The van der Waals surface area contributed by atoms with Crippen LogP contribution >= 0.6 is 0 Å². The third kappa shape index (κ3) is 4.46. The molecule has 0 bridgehead atoms. The predicted octanol–water partition coefficient (Wildman–Crippen LogP) is 5.97.